The lowest BCUT2D eigenvalue weighted by Gasteiger charge is -2.36. The Labute approximate surface area is 229 Å². The van der Waals surface area contributed by atoms with Crippen LogP contribution in [-0.4, -0.2) is 81.6 Å². The number of carbonyl (C=O) groups is 3. The van der Waals surface area contributed by atoms with Gasteiger partial charge in [0.05, 0.1) is 6.04 Å². The lowest BCUT2D eigenvalue weighted by molar-refractivity contribution is -0.140. The van der Waals surface area contributed by atoms with Gasteiger partial charge in [-0.25, -0.2) is 9.48 Å². The van der Waals surface area contributed by atoms with Gasteiger partial charge in [-0.15, -0.1) is 5.10 Å². The van der Waals surface area contributed by atoms with Crippen molar-refractivity contribution in [1.82, 2.24) is 41.0 Å². The van der Waals surface area contributed by atoms with Crippen LogP contribution in [0.15, 0.2) is 30.3 Å². The molecule has 0 unspecified atom stereocenters. The van der Waals surface area contributed by atoms with Crippen LogP contribution in [0.5, 0.6) is 0 Å². The summed E-state index contributed by atoms with van der Waals surface area (Å²) in [6, 6.07) is 8.42. The molecule has 3 heterocycles. The first-order valence-corrected chi connectivity index (χ1v) is 16.1. The van der Waals surface area contributed by atoms with E-state index in [0.717, 1.165) is 5.56 Å². The van der Waals surface area contributed by atoms with Crippen molar-refractivity contribution in [1.29, 1.82) is 0 Å². The Balaban J connectivity index is 1.23. The Hall–Kier alpha value is -3.36. The molecule has 2 aromatic rings. The first-order chi connectivity index (χ1) is 18.5. The van der Waals surface area contributed by atoms with Crippen molar-refractivity contribution in [3.8, 4) is 0 Å². The molecule has 0 spiro atoms. The average molecular weight is 559 g/mol. The van der Waals surface area contributed by atoms with Crippen LogP contribution in [0.25, 0.3) is 0 Å². The van der Waals surface area contributed by atoms with Crippen molar-refractivity contribution in [2.45, 2.75) is 83.4 Å². The number of hydrogen-bond donors (Lipinski definition) is 2. The third-order valence-corrected chi connectivity index (χ3v) is 12.2. The molecule has 0 aliphatic carbocycles. The SMILES string of the molecule is CC(C)(C)[Si](C)(C)OCCc1nnnn1CC(=O)NNC(=O)[C@@H]1CC[C@@H]2CN1C(=O)N2OCc1ccccc1. The molecule has 2 aliphatic rings. The number of tetrazole rings is 1. The van der Waals surface area contributed by atoms with Crippen LogP contribution >= 0.6 is 0 Å². The van der Waals surface area contributed by atoms with Gasteiger partial charge in [0.25, 0.3) is 11.8 Å². The van der Waals surface area contributed by atoms with Crippen molar-refractivity contribution in [2.75, 3.05) is 13.2 Å². The zero-order valence-corrected chi connectivity index (χ0v) is 24.2. The number of rotatable bonds is 10. The second-order valence-corrected chi connectivity index (χ2v) is 16.2. The van der Waals surface area contributed by atoms with E-state index in [-0.39, 0.29) is 30.3 Å². The maximum Gasteiger partial charge on any atom is 0.345 e. The summed E-state index contributed by atoms with van der Waals surface area (Å²) in [6.07, 6.45) is 1.55. The summed E-state index contributed by atoms with van der Waals surface area (Å²) < 4.78 is 7.56. The van der Waals surface area contributed by atoms with E-state index in [0.29, 0.717) is 38.2 Å². The van der Waals surface area contributed by atoms with Crippen molar-refractivity contribution in [2.24, 2.45) is 0 Å². The van der Waals surface area contributed by atoms with Gasteiger partial charge >= 0.3 is 6.03 Å². The molecule has 13 nitrogen and oxygen atoms in total. The third-order valence-electron chi connectivity index (χ3n) is 7.66. The van der Waals surface area contributed by atoms with E-state index in [9.17, 15) is 14.4 Å². The molecular weight excluding hydrogens is 520 g/mol. The van der Waals surface area contributed by atoms with Gasteiger partial charge < -0.3 is 9.33 Å². The minimum Gasteiger partial charge on any atom is -0.416 e. The average Bonchev–Trinajstić information content (AvgIpc) is 3.42. The van der Waals surface area contributed by atoms with E-state index in [1.54, 1.807) is 0 Å². The maximum atomic E-state index is 12.9. The largest absolute Gasteiger partial charge is 0.416 e. The number of hydrogen-bond acceptors (Lipinski definition) is 8. The highest BCUT2D eigenvalue weighted by molar-refractivity contribution is 6.74. The molecule has 4 rings (SSSR count). The summed E-state index contributed by atoms with van der Waals surface area (Å²) in [6.45, 7) is 11.8. The van der Waals surface area contributed by atoms with Crippen LogP contribution in [0.3, 0.4) is 0 Å². The number of carbonyl (C=O) groups excluding carboxylic acids is 3. The van der Waals surface area contributed by atoms with Crippen LogP contribution in [0.4, 0.5) is 4.79 Å². The van der Waals surface area contributed by atoms with Crippen molar-refractivity contribution >= 4 is 26.2 Å². The minimum atomic E-state index is -1.91. The lowest BCUT2D eigenvalue weighted by atomic mass is 10.0. The molecule has 2 aliphatic heterocycles. The molecule has 39 heavy (non-hydrogen) atoms. The molecule has 2 atom stereocenters. The predicted molar refractivity (Wildman–Crippen MR) is 143 cm³/mol. The number of amides is 4. The number of hydroxylamine groups is 2. The third kappa shape index (κ3) is 6.80. The normalized spacial score (nSPS) is 19.4. The first-order valence-electron chi connectivity index (χ1n) is 13.2. The molecular formula is C25H38N8O5Si. The molecule has 0 saturated carbocycles. The number of hydrazine groups is 1. The highest BCUT2D eigenvalue weighted by Crippen LogP contribution is 2.36. The van der Waals surface area contributed by atoms with E-state index < -0.39 is 26.2 Å². The van der Waals surface area contributed by atoms with Gasteiger partial charge in [-0.3, -0.25) is 25.3 Å². The molecule has 2 bridgehead atoms. The van der Waals surface area contributed by atoms with Gasteiger partial charge in [0.2, 0.25) is 0 Å². The fourth-order valence-electron chi connectivity index (χ4n) is 4.32. The number of benzene rings is 1. The molecule has 0 radical (unpaired) electrons. The molecule has 1 aromatic carbocycles. The summed E-state index contributed by atoms with van der Waals surface area (Å²) >= 11 is 0. The van der Waals surface area contributed by atoms with E-state index in [2.05, 4.69) is 60.2 Å². The van der Waals surface area contributed by atoms with Gasteiger partial charge in [-0.05, 0) is 47.0 Å². The second-order valence-electron chi connectivity index (χ2n) is 11.4. The molecule has 1 aromatic heterocycles. The fourth-order valence-corrected chi connectivity index (χ4v) is 5.36. The van der Waals surface area contributed by atoms with Crippen LogP contribution < -0.4 is 10.9 Å². The monoisotopic (exact) mass is 558 g/mol. The molecule has 2 N–H and O–H groups in total. The van der Waals surface area contributed by atoms with E-state index >= 15 is 0 Å². The van der Waals surface area contributed by atoms with Crippen molar-refractivity contribution in [3.05, 3.63) is 41.7 Å². The molecule has 212 valence electrons. The van der Waals surface area contributed by atoms with Gasteiger partial charge in [-0.2, -0.15) is 5.06 Å². The molecule has 14 heteroatoms. The summed E-state index contributed by atoms with van der Waals surface area (Å²) in [5, 5.41) is 13.0. The summed E-state index contributed by atoms with van der Waals surface area (Å²) in [4.78, 5) is 45.6. The number of piperidine rings is 1. The van der Waals surface area contributed by atoms with Gasteiger partial charge in [0.1, 0.15) is 19.2 Å². The zero-order chi connectivity index (χ0) is 28.2. The topological polar surface area (TPSA) is 144 Å². The van der Waals surface area contributed by atoms with E-state index in [4.69, 9.17) is 9.26 Å². The van der Waals surface area contributed by atoms with Crippen LogP contribution in [0.1, 0.15) is 45.0 Å². The highest BCUT2D eigenvalue weighted by atomic mass is 28.4. The van der Waals surface area contributed by atoms with Gasteiger partial charge in [-0.1, -0.05) is 51.1 Å². The smallest absolute Gasteiger partial charge is 0.345 e. The Morgan fingerprint density at radius 3 is 2.59 bits per heavy atom. The minimum absolute atomic E-state index is 0.0867. The number of fused-ring (bicyclic) bond motifs is 2. The standard InChI is InChI=1S/C25H38N8O5Si/c1-25(2,3)39(4,5)38-14-13-21-26-29-30-32(21)16-22(34)27-28-23(35)20-12-11-19-15-31(20)24(36)33(19)37-17-18-9-7-6-8-10-18/h6-10,19-20H,11-17H2,1-5H3,(H,27,34)(H,28,35)/t19-,20+/m1/s1. The molecule has 4 amide bonds. The Kier molecular flexibility index (Phi) is 8.66. The quantitative estimate of drug-likeness (QED) is 0.332. The molecule has 2 saturated heterocycles. The maximum absolute atomic E-state index is 12.9. The van der Waals surface area contributed by atoms with Crippen molar-refractivity contribution in [3.63, 3.8) is 0 Å². The molecule has 2 fully saturated rings. The zero-order valence-electron chi connectivity index (χ0n) is 23.2. The van der Waals surface area contributed by atoms with Gasteiger partial charge in [0.15, 0.2) is 14.1 Å². The number of nitrogens with one attached hydrogen (secondary N) is 2. The summed E-state index contributed by atoms with van der Waals surface area (Å²) in [5.41, 5.74) is 5.81. The predicted octanol–water partition coefficient (Wildman–Crippen LogP) is 1.79. The second kappa shape index (κ2) is 11.8. The number of aromatic nitrogens is 4. The highest BCUT2D eigenvalue weighted by Gasteiger charge is 2.48. The Morgan fingerprint density at radius 1 is 1.13 bits per heavy atom. The first kappa shape index (κ1) is 28.6. The summed E-state index contributed by atoms with van der Waals surface area (Å²) in [7, 11) is -1.91. The number of nitrogens with zero attached hydrogens (tertiary/aromatic N) is 6. The fraction of sp³-hybridized carbons (Fsp3) is 0.600. The van der Waals surface area contributed by atoms with Crippen LogP contribution in [-0.2, 0) is 38.4 Å². The van der Waals surface area contributed by atoms with Crippen molar-refractivity contribution < 1.29 is 23.6 Å². The van der Waals surface area contributed by atoms with E-state index in [1.807, 2.05) is 30.3 Å². The van der Waals surface area contributed by atoms with Crippen LogP contribution in [0.2, 0.25) is 18.1 Å². The Bertz CT molecular complexity index is 1170. The van der Waals surface area contributed by atoms with Gasteiger partial charge in [0, 0.05) is 19.6 Å². The van der Waals surface area contributed by atoms with E-state index in [1.165, 1.54) is 14.6 Å². The van der Waals surface area contributed by atoms with Crippen LogP contribution in [0, 0.1) is 0 Å². The summed E-state index contributed by atoms with van der Waals surface area (Å²) in [5.74, 6) is -0.428. The number of urea groups is 1. The lowest BCUT2D eigenvalue weighted by Crippen LogP contribution is -2.54. The Morgan fingerprint density at radius 2 is 1.87 bits per heavy atom.